The van der Waals surface area contributed by atoms with Gasteiger partial charge in [-0.05, 0) is 37.6 Å². The summed E-state index contributed by atoms with van der Waals surface area (Å²) in [5.74, 6) is 0. The van der Waals surface area contributed by atoms with E-state index in [1.807, 2.05) is 18.3 Å². The number of thiazole rings is 1. The molecule has 3 heterocycles. The number of nitrogens with zero attached hydrogens (tertiary/aromatic N) is 4. The van der Waals surface area contributed by atoms with E-state index in [1.54, 1.807) is 11.3 Å². The Labute approximate surface area is 150 Å². The van der Waals surface area contributed by atoms with Crippen molar-refractivity contribution >= 4 is 44.7 Å². The quantitative estimate of drug-likeness (QED) is 0.681. The van der Waals surface area contributed by atoms with E-state index in [2.05, 4.69) is 44.2 Å². The predicted molar refractivity (Wildman–Crippen MR) is 103 cm³/mol. The van der Waals surface area contributed by atoms with Gasteiger partial charge in [-0.3, -0.25) is 4.98 Å². The number of anilines is 2. The largest absolute Gasteiger partial charge is 0.369 e. The number of rotatable bonds is 2. The second kappa shape index (κ2) is 6.57. The van der Waals surface area contributed by atoms with E-state index in [0.717, 1.165) is 54.0 Å². The molecule has 3 aromatic rings. The first-order valence-corrected chi connectivity index (χ1v) is 9.43. The maximum atomic E-state index is 6.11. The first kappa shape index (κ1) is 15.7. The highest BCUT2D eigenvalue weighted by Gasteiger charge is 2.19. The number of hydrogen-bond acceptors (Lipinski definition) is 5. The summed E-state index contributed by atoms with van der Waals surface area (Å²) in [7, 11) is 0. The zero-order valence-corrected chi connectivity index (χ0v) is 15.1. The van der Waals surface area contributed by atoms with Crippen molar-refractivity contribution in [2.75, 3.05) is 36.0 Å². The van der Waals surface area contributed by atoms with Crippen molar-refractivity contribution in [2.24, 2.45) is 0 Å². The van der Waals surface area contributed by atoms with Crippen molar-refractivity contribution in [3.8, 4) is 0 Å². The third-order valence-corrected chi connectivity index (χ3v) is 5.65. The fourth-order valence-electron chi connectivity index (χ4n) is 3.22. The molecule has 0 aliphatic carbocycles. The molecule has 4 rings (SSSR count). The van der Waals surface area contributed by atoms with Gasteiger partial charge in [-0.25, -0.2) is 4.98 Å². The topological polar surface area (TPSA) is 32.3 Å². The molecule has 1 fully saturated rings. The zero-order valence-electron chi connectivity index (χ0n) is 13.6. The SMILES string of the molecule is Cc1csc(N2CCCN(c3ccnc4cc(Cl)ccc34)CC2)n1. The van der Waals surface area contributed by atoms with Crippen molar-refractivity contribution < 1.29 is 0 Å². The Bertz CT molecular complexity index is 863. The van der Waals surface area contributed by atoms with Gasteiger partial charge >= 0.3 is 0 Å². The van der Waals surface area contributed by atoms with Crippen molar-refractivity contribution in [3.05, 3.63) is 46.6 Å². The molecule has 24 heavy (non-hydrogen) atoms. The Kier molecular flexibility index (Phi) is 4.29. The fourth-order valence-corrected chi connectivity index (χ4v) is 4.24. The van der Waals surface area contributed by atoms with Crippen LogP contribution in [0.15, 0.2) is 35.8 Å². The minimum Gasteiger partial charge on any atom is -0.369 e. The summed E-state index contributed by atoms with van der Waals surface area (Å²) in [6.07, 6.45) is 3.00. The molecule has 0 bridgehead atoms. The Balaban J connectivity index is 1.59. The van der Waals surface area contributed by atoms with E-state index >= 15 is 0 Å². The van der Waals surface area contributed by atoms with E-state index in [4.69, 9.17) is 11.6 Å². The second-order valence-corrected chi connectivity index (χ2v) is 7.36. The lowest BCUT2D eigenvalue weighted by Crippen LogP contribution is -2.30. The molecule has 6 heteroatoms. The van der Waals surface area contributed by atoms with Crippen LogP contribution >= 0.6 is 22.9 Å². The lowest BCUT2D eigenvalue weighted by molar-refractivity contribution is 0.804. The smallest absolute Gasteiger partial charge is 0.185 e. The molecule has 1 aliphatic rings. The molecule has 4 nitrogen and oxygen atoms in total. The number of hydrogen-bond donors (Lipinski definition) is 0. The molecule has 0 N–H and O–H groups in total. The van der Waals surface area contributed by atoms with Gasteiger partial charge in [0.05, 0.1) is 11.2 Å². The van der Waals surface area contributed by atoms with Crippen LogP contribution in [0.2, 0.25) is 5.02 Å². The average Bonchev–Trinajstić information content (AvgIpc) is 2.87. The summed E-state index contributed by atoms with van der Waals surface area (Å²) in [6.45, 7) is 6.13. The number of fused-ring (bicyclic) bond motifs is 1. The number of aromatic nitrogens is 2. The van der Waals surface area contributed by atoms with Gasteiger partial charge in [-0.15, -0.1) is 11.3 Å². The molecule has 1 saturated heterocycles. The monoisotopic (exact) mass is 358 g/mol. The summed E-state index contributed by atoms with van der Waals surface area (Å²) in [5, 5.41) is 5.16. The van der Waals surface area contributed by atoms with E-state index < -0.39 is 0 Å². The Morgan fingerprint density at radius 2 is 1.92 bits per heavy atom. The lowest BCUT2D eigenvalue weighted by atomic mass is 10.1. The van der Waals surface area contributed by atoms with Gasteiger partial charge in [0.2, 0.25) is 0 Å². The summed E-state index contributed by atoms with van der Waals surface area (Å²) >= 11 is 7.84. The third kappa shape index (κ3) is 3.06. The predicted octanol–water partition coefficient (Wildman–Crippen LogP) is 4.37. The molecule has 0 atom stereocenters. The van der Waals surface area contributed by atoms with Crippen LogP contribution in [0.1, 0.15) is 12.1 Å². The van der Waals surface area contributed by atoms with Gasteiger partial charge in [0, 0.05) is 53.9 Å². The first-order valence-electron chi connectivity index (χ1n) is 8.17. The van der Waals surface area contributed by atoms with Crippen LogP contribution in [0.25, 0.3) is 10.9 Å². The highest BCUT2D eigenvalue weighted by molar-refractivity contribution is 7.13. The van der Waals surface area contributed by atoms with Crippen LogP contribution in [0, 0.1) is 6.92 Å². The van der Waals surface area contributed by atoms with E-state index in [9.17, 15) is 0 Å². The Morgan fingerprint density at radius 1 is 1.08 bits per heavy atom. The van der Waals surface area contributed by atoms with Crippen LogP contribution in [0.4, 0.5) is 10.8 Å². The van der Waals surface area contributed by atoms with Gasteiger partial charge in [0.1, 0.15) is 0 Å². The number of aryl methyl sites for hydroxylation is 1. The normalized spacial score (nSPS) is 15.8. The van der Waals surface area contributed by atoms with Gasteiger partial charge in [0.15, 0.2) is 5.13 Å². The van der Waals surface area contributed by atoms with E-state index in [1.165, 1.54) is 11.1 Å². The molecule has 1 aromatic carbocycles. The molecule has 124 valence electrons. The van der Waals surface area contributed by atoms with Gasteiger partial charge in [-0.2, -0.15) is 0 Å². The van der Waals surface area contributed by atoms with Crippen LogP contribution in [-0.2, 0) is 0 Å². The highest BCUT2D eigenvalue weighted by atomic mass is 35.5. The fraction of sp³-hybridized carbons (Fsp3) is 0.333. The number of pyridine rings is 1. The minimum atomic E-state index is 0.730. The van der Waals surface area contributed by atoms with Gasteiger partial charge < -0.3 is 9.80 Å². The maximum absolute atomic E-state index is 6.11. The molecule has 2 aromatic heterocycles. The highest BCUT2D eigenvalue weighted by Crippen LogP contribution is 2.29. The zero-order chi connectivity index (χ0) is 16.5. The number of halogens is 1. The van der Waals surface area contributed by atoms with Crippen molar-refractivity contribution in [1.82, 2.24) is 9.97 Å². The number of benzene rings is 1. The van der Waals surface area contributed by atoms with E-state index in [-0.39, 0.29) is 0 Å². The molecular formula is C18H19ClN4S. The molecule has 1 aliphatic heterocycles. The Hall–Kier alpha value is -1.85. The summed E-state index contributed by atoms with van der Waals surface area (Å²) in [5.41, 5.74) is 3.30. The van der Waals surface area contributed by atoms with Crippen LogP contribution in [0.3, 0.4) is 0 Å². The van der Waals surface area contributed by atoms with Gasteiger partial charge in [-0.1, -0.05) is 11.6 Å². The van der Waals surface area contributed by atoms with Crippen molar-refractivity contribution in [2.45, 2.75) is 13.3 Å². The van der Waals surface area contributed by atoms with E-state index in [0.29, 0.717) is 0 Å². The third-order valence-electron chi connectivity index (χ3n) is 4.40. The van der Waals surface area contributed by atoms with Crippen LogP contribution in [0.5, 0.6) is 0 Å². The summed E-state index contributed by atoms with van der Waals surface area (Å²) in [4.78, 5) is 13.9. The summed E-state index contributed by atoms with van der Waals surface area (Å²) in [6, 6.07) is 8.06. The van der Waals surface area contributed by atoms with Gasteiger partial charge in [0.25, 0.3) is 0 Å². The van der Waals surface area contributed by atoms with Crippen LogP contribution < -0.4 is 9.80 Å². The molecule has 0 amide bonds. The molecular weight excluding hydrogens is 340 g/mol. The molecule has 0 unspecified atom stereocenters. The molecule has 0 spiro atoms. The Morgan fingerprint density at radius 3 is 2.75 bits per heavy atom. The standard InChI is InChI=1S/C18H19ClN4S/c1-13-12-24-18(21-13)23-8-2-7-22(9-10-23)17-5-6-20-16-11-14(19)3-4-15(16)17/h3-6,11-12H,2,7-10H2,1H3. The molecule has 0 radical (unpaired) electrons. The lowest BCUT2D eigenvalue weighted by Gasteiger charge is -2.24. The first-order chi connectivity index (χ1) is 11.7. The molecule has 0 saturated carbocycles. The van der Waals surface area contributed by atoms with Crippen LogP contribution in [-0.4, -0.2) is 36.1 Å². The second-order valence-electron chi connectivity index (χ2n) is 6.09. The average molecular weight is 359 g/mol. The minimum absolute atomic E-state index is 0.730. The summed E-state index contributed by atoms with van der Waals surface area (Å²) < 4.78 is 0. The van der Waals surface area contributed by atoms with Crippen molar-refractivity contribution in [1.29, 1.82) is 0 Å². The maximum Gasteiger partial charge on any atom is 0.185 e. The van der Waals surface area contributed by atoms with Crippen molar-refractivity contribution in [3.63, 3.8) is 0 Å².